The van der Waals surface area contributed by atoms with Crippen LogP contribution in [-0.2, 0) is 28.4 Å². The van der Waals surface area contributed by atoms with Gasteiger partial charge in [0.05, 0.1) is 13.2 Å². The van der Waals surface area contributed by atoms with Gasteiger partial charge in [-0.25, -0.2) is 0 Å². The van der Waals surface area contributed by atoms with E-state index in [4.69, 9.17) is 40.0 Å². The maximum absolute atomic E-state index is 5.89. The molecule has 0 radical (unpaired) electrons. The Kier molecular flexibility index (Phi) is 4.96. The lowest BCUT2D eigenvalue weighted by Gasteiger charge is -2.45. The second kappa shape index (κ2) is 6.75. The molecule has 0 N–H and O–H groups in total. The van der Waals surface area contributed by atoms with Crippen molar-refractivity contribution in [3.63, 3.8) is 0 Å². The Balaban J connectivity index is 1.76. The van der Waals surface area contributed by atoms with Crippen LogP contribution in [0.2, 0.25) is 0 Å². The van der Waals surface area contributed by atoms with Crippen molar-refractivity contribution in [3.05, 3.63) is 25.3 Å². The van der Waals surface area contributed by atoms with E-state index in [1.54, 1.807) is 12.2 Å². The van der Waals surface area contributed by atoms with Crippen molar-refractivity contribution in [3.8, 4) is 0 Å². The van der Waals surface area contributed by atoms with Gasteiger partial charge in [0, 0.05) is 5.88 Å². The van der Waals surface area contributed by atoms with Gasteiger partial charge in [0.25, 0.3) is 0 Å². The summed E-state index contributed by atoms with van der Waals surface area (Å²) in [4.78, 5) is 0. The fraction of sp³-hybridized carbons (Fsp3) is 0.714. The molecular weight excluding hydrogens is 300 g/mol. The summed E-state index contributed by atoms with van der Waals surface area (Å²) >= 11 is 5.67. The summed E-state index contributed by atoms with van der Waals surface area (Å²) in [5.41, 5.74) is 0. The van der Waals surface area contributed by atoms with E-state index in [2.05, 4.69) is 13.2 Å². The molecule has 6 nitrogen and oxygen atoms in total. The Labute approximate surface area is 128 Å². The first-order valence-corrected chi connectivity index (χ1v) is 7.46. The van der Waals surface area contributed by atoms with Crippen LogP contribution in [0.1, 0.15) is 0 Å². The normalized spacial score (nSPS) is 45.7. The lowest BCUT2D eigenvalue weighted by Crippen LogP contribution is -2.62. The highest BCUT2D eigenvalue weighted by molar-refractivity contribution is 6.17. The average molecular weight is 319 g/mol. The maximum atomic E-state index is 5.89. The van der Waals surface area contributed by atoms with Gasteiger partial charge in [0.2, 0.25) is 0 Å². The van der Waals surface area contributed by atoms with Crippen molar-refractivity contribution < 1.29 is 28.4 Å². The molecule has 0 aromatic carbocycles. The minimum absolute atomic E-state index is 0.282. The SMILES string of the molecule is C=C[C@@H]1O[C@H]2[C@@H](O1)[C@@H](OCCCl)O[C@H]1CO[C@@H](C=C)O[C@@H]21. The molecule has 0 aromatic rings. The number of fused-ring (bicyclic) bond motifs is 3. The molecule has 0 unspecified atom stereocenters. The zero-order chi connectivity index (χ0) is 14.8. The third-order valence-electron chi connectivity index (χ3n) is 3.63. The molecule has 0 bridgehead atoms. The monoisotopic (exact) mass is 318 g/mol. The van der Waals surface area contributed by atoms with Crippen LogP contribution in [0.5, 0.6) is 0 Å². The largest absolute Gasteiger partial charge is 0.349 e. The lowest BCUT2D eigenvalue weighted by molar-refractivity contribution is -0.334. The summed E-state index contributed by atoms with van der Waals surface area (Å²) in [6.45, 7) is 8.11. The van der Waals surface area contributed by atoms with E-state index in [0.717, 1.165) is 0 Å². The van der Waals surface area contributed by atoms with Crippen LogP contribution in [0.3, 0.4) is 0 Å². The molecule has 0 amide bonds. The molecule has 3 fully saturated rings. The minimum atomic E-state index is -0.563. The van der Waals surface area contributed by atoms with Crippen molar-refractivity contribution >= 4 is 11.6 Å². The van der Waals surface area contributed by atoms with Crippen LogP contribution in [0.15, 0.2) is 25.3 Å². The molecule has 7 atom stereocenters. The van der Waals surface area contributed by atoms with Gasteiger partial charge in [-0.05, 0) is 12.2 Å². The van der Waals surface area contributed by atoms with Crippen molar-refractivity contribution in [1.29, 1.82) is 0 Å². The Hall–Kier alpha value is -0.470. The molecule has 118 valence electrons. The van der Waals surface area contributed by atoms with Crippen molar-refractivity contribution in [2.75, 3.05) is 19.1 Å². The first kappa shape index (κ1) is 15.4. The average Bonchev–Trinajstić information content (AvgIpc) is 2.97. The zero-order valence-corrected chi connectivity index (χ0v) is 12.3. The number of hydrogen-bond donors (Lipinski definition) is 0. The number of hydrogen-bond acceptors (Lipinski definition) is 6. The Morgan fingerprint density at radius 1 is 1.00 bits per heavy atom. The third kappa shape index (κ3) is 3.03. The van der Waals surface area contributed by atoms with Crippen molar-refractivity contribution in [2.45, 2.75) is 43.3 Å². The van der Waals surface area contributed by atoms with E-state index in [1.807, 2.05) is 0 Å². The van der Waals surface area contributed by atoms with E-state index < -0.39 is 18.9 Å². The molecule has 0 aliphatic carbocycles. The second-order valence-corrected chi connectivity index (χ2v) is 5.32. The molecule has 3 aliphatic rings. The number of halogens is 1. The molecule has 3 aliphatic heterocycles. The van der Waals surface area contributed by atoms with Crippen molar-refractivity contribution in [1.82, 2.24) is 0 Å². The highest BCUT2D eigenvalue weighted by atomic mass is 35.5. The van der Waals surface area contributed by atoms with Crippen LogP contribution < -0.4 is 0 Å². The molecule has 7 heteroatoms. The predicted octanol–water partition coefficient (Wildman–Crippen LogP) is 1.19. The second-order valence-electron chi connectivity index (χ2n) is 4.95. The summed E-state index contributed by atoms with van der Waals surface area (Å²) in [5.74, 6) is 0.378. The van der Waals surface area contributed by atoms with Crippen molar-refractivity contribution in [2.24, 2.45) is 0 Å². The van der Waals surface area contributed by atoms with E-state index in [9.17, 15) is 0 Å². The molecular formula is C14H19ClO6. The van der Waals surface area contributed by atoms with Gasteiger partial charge in [-0.15, -0.1) is 11.6 Å². The molecule has 0 aromatic heterocycles. The summed E-state index contributed by atoms with van der Waals surface area (Å²) in [7, 11) is 0. The standard InChI is InChI=1S/C14H19ClO6/c1-3-9-17-7-8-11(19-9)12-13(21-10(4-2)20-12)14(18-8)16-6-5-15/h3-4,8-14H,1-2,5-7H2/t8-,9+,10+,11+,12+,13+,14-/m0/s1. The molecule has 0 saturated carbocycles. The van der Waals surface area contributed by atoms with Crippen LogP contribution in [0, 0.1) is 0 Å². The van der Waals surface area contributed by atoms with E-state index in [0.29, 0.717) is 19.1 Å². The number of alkyl halides is 1. The summed E-state index contributed by atoms with van der Waals surface area (Å²) < 4.78 is 34.4. The van der Waals surface area contributed by atoms with Gasteiger partial charge in [-0.1, -0.05) is 13.2 Å². The van der Waals surface area contributed by atoms with E-state index in [-0.39, 0.29) is 24.4 Å². The van der Waals surface area contributed by atoms with Crippen LogP contribution in [0.4, 0.5) is 0 Å². The molecule has 0 spiro atoms. The molecule has 3 rings (SSSR count). The highest BCUT2D eigenvalue weighted by Gasteiger charge is 2.55. The number of rotatable bonds is 5. The zero-order valence-electron chi connectivity index (χ0n) is 11.6. The highest BCUT2D eigenvalue weighted by Crippen LogP contribution is 2.37. The Morgan fingerprint density at radius 3 is 2.43 bits per heavy atom. The van der Waals surface area contributed by atoms with Gasteiger partial charge < -0.3 is 28.4 Å². The van der Waals surface area contributed by atoms with Gasteiger partial charge in [-0.2, -0.15) is 0 Å². The van der Waals surface area contributed by atoms with Crippen LogP contribution in [0.25, 0.3) is 0 Å². The molecule has 3 saturated heterocycles. The van der Waals surface area contributed by atoms with E-state index >= 15 is 0 Å². The Bertz CT molecular complexity index is 392. The third-order valence-corrected chi connectivity index (χ3v) is 3.79. The fourth-order valence-corrected chi connectivity index (χ4v) is 2.82. The minimum Gasteiger partial charge on any atom is -0.349 e. The van der Waals surface area contributed by atoms with Gasteiger partial charge in [-0.3, -0.25) is 0 Å². The van der Waals surface area contributed by atoms with Gasteiger partial charge in [0.15, 0.2) is 18.9 Å². The number of ether oxygens (including phenoxy) is 6. The lowest BCUT2D eigenvalue weighted by atomic mass is 9.98. The van der Waals surface area contributed by atoms with Crippen LogP contribution >= 0.6 is 11.6 Å². The van der Waals surface area contributed by atoms with Gasteiger partial charge in [0.1, 0.15) is 24.4 Å². The first-order chi connectivity index (χ1) is 10.3. The Morgan fingerprint density at radius 2 is 1.71 bits per heavy atom. The van der Waals surface area contributed by atoms with E-state index in [1.165, 1.54) is 0 Å². The van der Waals surface area contributed by atoms with Crippen LogP contribution in [-0.4, -0.2) is 62.4 Å². The fourth-order valence-electron chi connectivity index (χ4n) is 2.73. The summed E-state index contributed by atoms with van der Waals surface area (Å²) in [6.07, 6.45) is 0.382. The topological polar surface area (TPSA) is 55.4 Å². The summed E-state index contributed by atoms with van der Waals surface area (Å²) in [6, 6.07) is 0. The predicted molar refractivity (Wildman–Crippen MR) is 73.9 cm³/mol. The molecule has 3 heterocycles. The molecule has 21 heavy (non-hydrogen) atoms. The summed E-state index contributed by atoms with van der Waals surface area (Å²) in [5, 5.41) is 0. The van der Waals surface area contributed by atoms with Gasteiger partial charge >= 0.3 is 0 Å². The maximum Gasteiger partial charge on any atom is 0.187 e. The smallest absolute Gasteiger partial charge is 0.187 e. The quantitative estimate of drug-likeness (QED) is 0.561. The first-order valence-electron chi connectivity index (χ1n) is 6.93.